The Morgan fingerprint density at radius 2 is 1.59 bits per heavy atom. The van der Waals surface area contributed by atoms with Gasteiger partial charge in [-0.2, -0.15) is 13.4 Å². The van der Waals surface area contributed by atoms with Crippen LogP contribution in [0, 0.1) is 0 Å². The zero-order chi connectivity index (χ0) is 48.3. The molecule has 6 heterocycles. The topological polar surface area (TPSA) is 346 Å². The lowest BCUT2D eigenvalue weighted by Crippen LogP contribution is -2.46. The van der Waals surface area contributed by atoms with Gasteiger partial charge in [-0.25, -0.2) is 24.1 Å². The molecule has 362 valence electrons. The van der Waals surface area contributed by atoms with E-state index < -0.39 is 83.8 Å². The molecule has 6 aromatic rings. The van der Waals surface area contributed by atoms with Crippen LogP contribution in [0.1, 0.15) is 35.7 Å². The number of aliphatic hydroxyl groups is 4. The van der Waals surface area contributed by atoms with E-state index in [0.717, 1.165) is 27.6 Å². The summed E-state index contributed by atoms with van der Waals surface area (Å²) in [5.74, 6) is 0.0719. The monoisotopic (exact) mass is 985 g/mol. The lowest BCUT2D eigenvalue weighted by atomic mass is 10.1. The smallest absolute Gasteiger partial charge is 0.481 e. The number of primary amides is 1. The van der Waals surface area contributed by atoms with E-state index in [9.17, 15) is 48.9 Å². The van der Waals surface area contributed by atoms with E-state index in [0.29, 0.717) is 13.0 Å². The van der Waals surface area contributed by atoms with Gasteiger partial charge in [-0.1, -0.05) is 18.2 Å². The Morgan fingerprint density at radius 3 is 2.35 bits per heavy atom. The fraction of sp³-hybridized carbons (Fsp3) is 0.390. The highest BCUT2D eigenvalue weighted by atomic mass is 31.3. The number of imidazole rings is 1. The molecule has 0 bridgehead atoms. The Balaban J connectivity index is 0.779. The molecule has 8 rings (SSSR count). The maximum Gasteiger partial charge on any atom is 0.481 e. The predicted octanol–water partition coefficient (Wildman–Crippen LogP) is -0.0799. The Bertz CT molecular complexity index is 2910. The average molecular weight is 986 g/mol. The minimum Gasteiger partial charge on any atom is -0.493 e. The summed E-state index contributed by atoms with van der Waals surface area (Å²) in [6.45, 7) is -1.02. The molecule has 2 fully saturated rings. The predicted molar refractivity (Wildman–Crippen MR) is 234 cm³/mol. The van der Waals surface area contributed by atoms with Crippen LogP contribution in [0.3, 0.4) is 0 Å². The van der Waals surface area contributed by atoms with Crippen LogP contribution in [0.2, 0.25) is 0 Å². The summed E-state index contributed by atoms with van der Waals surface area (Å²) in [5.41, 5.74) is 7.90. The van der Waals surface area contributed by atoms with Crippen LogP contribution >= 0.6 is 15.6 Å². The van der Waals surface area contributed by atoms with Crippen LogP contribution in [0.25, 0.3) is 33.0 Å². The molecule has 2 aliphatic rings. The van der Waals surface area contributed by atoms with Crippen LogP contribution < -0.4 is 30.2 Å². The molecule has 10 atom stereocenters. The maximum absolute atomic E-state index is 12.7. The Labute approximate surface area is 385 Å². The lowest BCUT2D eigenvalue weighted by Gasteiger charge is -2.20. The number of benzene rings is 2. The molecular weight excluding hydrogens is 936 g/mol. The van der Waals surface area contributed by atoms with E-state index in [1.54, 1.807) is 0 Å². The average Bonchev–Trinajstić information content (AvgIpc) is 3.96. The van der Waals surface area contributed by atoms with Gasteiger partial charge in [0.2, 0.25) is 16.9 Å². The molecule has 0 saturated carbocycles. The van der Waals surface area contributed by atoms with E-state index in [-0.39, 0.29) is 48.0 Å². The molecule has 2 aromatic carbocycles. The number of anilines is 1. The quantitative estimate of drug-likeness (QED) is 0.0209. The first-order chi connectivity index (χ1) is 32.5. The summed E-state index contributed by atoms with van der Waals surface area (Å²) in [4.78, 5) is 57.4. The number of rotatable bonds is 20. The SMILES string of the molecule is C[n+]1c2ccccc2cc2c(OCCCC(=O)NCCNc3ncnc4c3ncn4C3OC(COP(=O)(O)OP(=O)(O)OCC4OC([n+]5cccc(C(N)=O)c5)C(O)C4O)C(O)C3O)cccc21. The third kappa shape index (κ3) is 10.8. The summed E-state index contributed by atoms with van der Waals surface area (Å²) in [5, 5.41) is 50.7. The Morgan fingerprint density at radius 1 is 0.868 bits per heavy atom. The van der Waals surface area contributed by atoms with Gasteiger partial charge in [-0.3, -0.25) is 23.2 Å². The summed E-state index contributed by atoms with van der Waals surface area (Å²) in [7, 11) is -8.87. The molecule has 4 aromatic heterocycles. The van der Waals surface area contributed by atoms with Gasteiger partial charge < -0.3 is 60.8 Å². The number of hydrogen-bond acceptors (Lipinski definition) is 18. The molecule has 0 radical (unpaired) electrons. The van der Waals surface area contributed by atoms with Gasteiger partial charge in [-0.15, -0.1) is 0 Å². The number of nitrogens with two attached hydrogens (primary N) is 1. The maximum atomic E-state index is 12.7. The highest BCUT2D eigenvalue weighted by Gasteiger charge is 2.50. The second kappa shape index (κ2) is 20.5. The molecule has 2 amide bonds. The molecule has 68 heavy (non-hydrogen) atoms. The van der Waals surface area contributed by atoms with E-state index in [1.165, 1.54) is 46.3 Å². The molecule has 0 aliphatic carbocycles. The van der Waals surface area contributed by atoms with Gasteiger partial charge >= 0.3 is 15.6 Å². The van der Waals surface area contributed by atoms with Crippen molar-refractivity contribution in [2.45, 2.75) is 61.9 Å². The Hall–Kier alpha value is -5.63. The minimum atomic E-state index is -5.45. The number of carbonyl (C=O) groups is 2. The number of pyridine rings is 2. The largest absolute Gasteiger partial charge is 0.493 e. The number of fused-ring (bicyclic) bond motifs is 3. The summed E-state index contributed by atoms with van der Waals surface area (Å²) < 4.78 is 61.4. The fourth-order valence-electron chi connectivity index (χ4n) is 7.87. The van der Waals surface area contributed by atoms with E-state index in [1.807, 2.05) is 37.4 Å². The number of nitrogens with one attached hydrogen (secondary N) is 2. The highest BCUT2D eigenvalue weighted by Crippen LogP contribution is 2.61. The van der Waals surface area contributed by atoms with Crippen molar-refractivity contribution in [3.63, 3.8) is 0 Å². The second-order valence-corrected chi connectivity index (χ2v) is 18.9. The number of phosphoric acid groups is 2. The number of hydrogen-bond donors (Lipinski definition) is 9. The van der Waals surface area contributed by atoms with Gasteiger partial charge in [-0.05, 0) is 30.7 Å². The first-order valence-corrected chi connectivity index (χ1v) is 24.1. The number of carbonyl (C=O) groups excluding carboxylic acids is 2. The van der Waals surface area contributed by atoms with Gasteiger partial charge in [0.05, 0.1) is 31.5 Å². The number of ether oxygens (including phenoxy) is 3. The number of amides is 2. The molecule has 27 heteroatoms. The number of nitrogens with zero attached hydrogens (tertiary/aromatic N) is 6. The highest BCUT2D eigenvalue weighted by molar-refractivity contribution is 7.61. The van der Waals surface area contributed by atoms with Gasteiger partial charge in [0.15, 0.2) is 41.7 Å². The van der Waals surface area contributed by atoms with Crippen LogP contribution in [0.4, 0.5) is 5.82 Å². The second-order valence-electron chi connectivity index (χ2n) is 15.8. The van der Waals surface area contributed by atoms with Crippen molar-refractivity contribution in [1.29, 1.82) is 0 Å². The zero-order valence-corrected chi connectivity index (χ0v) is 37.9. The summed E-state index contributed by atoms with van der Waals surface area (Å²) >= 11 is 0. The van der Waals surface area contributed by atoms with Gasteiger partial charge in [0, 0.05) is 43.1 Å². The molecule has 2 saturated heterocycles. The number of aliphatic hydroxyl groups excluding tert-OH is 4. The first kappa shape index (κ1) is 48.8. The number of phosphoric ester groups is 2. The van der Waals surface area contributed by atoms with Crippen molar-refractivity contribution in [3.8, 4) is 5.75 Å². The third-order valence-corrected chi connectivity index (χ3v) is 13.9. The Kier molecular flexibility index (Phi) is 14.7. The van der Waals surface area contributed by atoms with Crippen LogP contribution in [0.15, 0.2) is 85.7 Å². The van der Waals surface area contributed by atoms with Crippen molar-refractivity contribution in [3.05, 3.63) is 91.3 Å². The number of para-hydroxylation sites is 1. The van der Waals surface area contributed by atoms with Crippen molar-refractivity contribution < 1.29 is 85.6 Å². The van der Waals surface area contributed by atoms with E-state index in [4.69, 9.17) is 29.0 Å². The van der Waals surface area contributed by atoms with E-state index >= 15 is 0 Å². The molecular formula is C41H49N9O16P2+2. The van der Waals surface area contributed by atoms with Crippen molar-refractivity contribution in [2.24, 2.45) is 12.8 Å². The summed E-state index contributed by atoms with van der Waals surface area (Å²) in [6, 6.07) is 18.9. The van der Waals surface area contributed by atoms with Crippen molar-refractivity contribution >= 4 is 66.2 Å². The standard InChI is InChI=1S/C41H47N9O16P2/c1-48-26-9-3-2-7-23(26)17-25-27(48)10-4-11-28(25)61-16-6-12-31(51)43-13-14-44-38-32-39(46-21-45-38)50(22-47-32)41-36(55)34(53)30(65-41)20-63-68(59,60)66-67(57,58)62-19-29-33(52)35(54)40(64-29)49-15-5-8-24(18-49)37(42)56/h2-5,7-11,15,17-18,21-22,29-30,33-36,40-41,52-55H,6,12-14,16,19-20H2,1H3,(H4-2,42,43,44,45,46,51,56,57,58,59,60)/p+2. The minimum absolute atomic E-state index is 0.0597. The van der Waals surface area contributed by atoms with E-state index in [2.05, 4.69) is 52.7 Å². The zero-order valence-electron chi connectivity index (χ0n) is 36.1. The van der Waals surface area contributed by atoms with Crippen LogP contribution in [0.5, 0.6) is 5.75 Å². The fourth-order valence-corrected chi connectivity index (χ4v) is 9.96. The van der Waals surface area contributed by atoms with Gasteiger partial charge in [0.1, 0.15) is 55.2 Å². The van der Waals surface area contributed by atoms with Crippen molar-refractivity contribution in [2.75, 3.05) is 38.2 Å². The first-order valence-electron chi connectivity index (χ1n) is 21.1. The summed E-state index contributed by atoms with van der Waals surface area (Å²) in [6.07, 6.45) is -6.36. The van der Waals surface area contributed by atoms with Gasteiger partial charge in [0.25, 0.3) is 12.1 Å². The van der Waals surface area contributed by atoms with Crippen LogP contribution in [-0.2, 0) is 43.8 Å². The lowest BCUT2D eigenvalue weighted by molar-refractivity contribution is -0.765. The number of aromatic nitrogens is 6. The number of aryl methyl sites for hydroxylation is 1. The normalized spacial score (nSPS) is 24.5. The molecule has 25 nitrogen and oxygen atoms in total. The molecule has 0 spiro atoms. The molecule has 2 aliphatic heterocycles. The van der Waals surface area contributed by atoms with Crippen LogP contribution in [-0.4, -0.2) is 131 Å². The molecule has 10 N–H and O–H groups in total. The third-order valence-electron chi connectivity index (χ3n) is 11.3. The molecule has 10 unspecified atom stereocenters. The van der Waals surface area contributed by atoms with Crippen molar-refractivity contribution in [1.82, 2.24) is 24.8 Å².